The summed E-state index contributed by atoms with van der Waals surface area (Å²) in [6.45, 7) is 0. The monoisotopic (exact) mass is 449 g/mol. The smallest absolute Gasteiger partial charge is 0.280 e. The van der Waals surface area contributed by atoms with Crippen LogP contribution in [0.3, 0.4) is 0 Å². The molecular formula is C22H15N3O6S. The minimum absolute atomic E-state index is 0.0534. The molecule has 2 heterocycles. The van der Waals surface area contributed by atoms with E-state index < -0.39 is 16.7 Å². The third-order valence-corrected chi connectivity index (χ3v) is 5.00. The lowest BCUT2D eigenvalue weighted by Gasteiger charge is -2.28. The SMILES string of the molecule is COc1ccc(N2C(=O)/C(=C\c3ccc(-c4ccccc4[N+](=O)[O-])o3)C(=O)NC2=S)cc1. The number of nitro groups is 1. The quantitative estimate of drug-likeness (QED) is 0.208. The average Bonchev–Trinajstić information content (AvgIpc) is 3.25. The van der Waals surface area contributed by atoms with Crippen molar-refractivity contribution >= 4 is 46.6 Å². The summed E-state index contributed by atoms with van der Waals surface area (Å²) in [5.74, 6) is -0.294. The molecule has 1 fully saturated rings. The maximum atomic E-state index is 13.1. The zero-order chi connectivity index (χ0) is 22.8. The second kappa shape index (κ2) is 8.44. The number of para-hydroxylation sites is 1. The summed E-state index contributed by atoms with van der Waals surface area (Å²) in [4.78, 5) is 37.5. The maximum Gasteiger partial charge on any atom is 0.280 e. The van der Waals surface area contributed by atoms with Crippen LogP contribution in [0.25, 0.3) is 17.4 Å². The van der Waals surface area contributed by atoms with Gasteiger partial charge in [0, 0.05) is 6.07 Å². The Kier molecular flexibility index (Phi) is 5.52. The molecule has 32 heavy (non-hydrogen) atoms. The topological polar surface area (TPSA) is 115 Å². The van der Waals surface area contributed by atoms with Gasteiger partial charge in [0.05, 0.1) is 23.3 Å². The van der Waals surface area contributed by atoms with Crippen LogP contribution in [0.15, 0.2) is 70.7 Å². The van der Waals surface area contributed by atoms with Crippen LogP contribution in [0.5, 0.6) is 5.75 Å². The molecule has 2 amide bonds. The molecule has 0 atom stereocenters. The Morgan fingerprint density at radius 3 is 2.50 bits per heavy atom. The van der Waals surface area contributed by atoms with Gasteiger partial charge in [0.1, 0.15) is 22.8 Å². The van der Waals surface area contributed by atoms with Gasteiger partial charge in [-0.2, -0.15) is 0 Å². The lowest BCUT2D eigenvalue weighted by molar-refractivity contribution is -0.384. The van der Waals surface area contributed by atoms with E-state index in [9.17, 15) is 19.7 Å². The minimum Gasteiger partial charge on any atom is -0.497 e. The fraction of sp³-hybridized carbons (Fsp3) is 0.0455. The number of hydrogen-bond donors (Lipinski definition) is 1. The number of rotatable bonds is 5. The number of carbonyl (C=O) groups is 2. The average molecular weight is 449 g/mol. The van der Waals surface area contributed by atoms with Gasteiger partial charge in [-0.25, -0.2) is 0 Å². The van der Waals surface area contributed by atoms with Crippen molar-refractivity contribution in [3.8, 4) is 17.1 Å². The predicted molar refractivity (Wildman–Crippen MR) is 120 cm³/mol. The van der Waals surface area contributed by atoms with Crippen molar-refractivity contribution < 1.29 is 23.7 Å². The molecule has 1 aromatic heterocycles. The van der Waals surface area contributed by atoms with Crippen molar-refractivity contribution in [1.29, 1.82) is 0 Å². The molecule has 10 heteroatoms. The Morgan fingerprint density at radius 2 is 1.81 bits per heavy atom. The van der Waals surface area contributed by atoms with Crippen LogP contribution in [-0.2, 0) is 9.59 Å². The molecule has 1 N–H and O–H groups in total. The molecule has 9 nitrogen and oxygen atoms in total. The van der Waals surface area contributed by atoms with Crippen LogP contribution < -0.4 is 15.0 Å². The van der Waals surface area contributed by atoms with Crippen LogP contribution in [0, 0.1) is 10.1 Å². The van der Waals surface area contributed by atoms with Crippen molar-refractivity contribution in [3.05, 3.63) is 82.1 Å². The summed E-state index contributed by atoms with van der Waals surface area (Å²) in [5.41, 5.74) is 0.413. The standard InChI is InChI=1S/C22H15N3O6S/c1-30-14-8-6-13(7-9-14)24-21(27)17(20(26)23-22(24)32)12-15-10-11-19(31-15)16-4-2-3-5-18(16)25(28)29/h2-12H,1H3,(H,23,26,32)/b17-12-. The summed E-state index contributed by atoms with van der Waals surface area (Å²) in [7, 11) is 1.52. The summed E-state index contributed by atoms with van der Waals surface area (Å²) >= 11 is 5.18. The van der Waals surface area contributed by atoms with Crippen molar-refractivity contribution in [2.45, 2.75) is 0 Å². The molecule has 160 valence electrons. The number of methoxy groups -OCH3 is 1. The molecule has 0 radical (unpaired) electrons. The van der Waals surface area contributed by atoms with Crippen molar-refractivity contribution in [2.24, 2.45) is 0 Å². The molecule has 1 aliphatic rings. The normalized spacial score (nSPS) is 15.1. The van der Waals surface area contributed by atoms with Crippen LogP contribution >= 0.6 is 12.2 Å². The van der Waals surface area contributed by atoms with E-state index in [1.165, 1.54) is 36.3 Å². The fourth-order valence-corrected chi connectivity index (χ4v) is 3.46. The second-order valence-corrected chi connectivity index (χ2v) is 7.02. The van der Waals surface area contributed by atoms with Crippen LogP contribution in [0.2, 0.25) is 0 Å². The predicted octanol–water partition coefficient (Wildman–Crippen LogP) is 3.69. The zero-order valence-corrected chi connectivity index (χ0v) is 17.4. The number of amides is 2. The number of ether oxygens (including phenoxy) is 1. The molecule has 0 spiro atoms. The first-order valence-electron chi connectivity index (χ1n) is 9.28. The molecular weight excluding hydrogens is 434 g/mol. The molecule has 1 saturated heterocycles. The molecule has 0 aliphatic carbocycles. The van der Waals surface area contributed by atoms with Crippen LogP contribution in [0.4, 0.5) is 11.4 Å². The second-order valence-electron chi connectivity index (χ2n) is 6.63. The van der Waals surface area contributed by atoms with Gasteiger partial charge in [-0.15, -0.1) is 0 Å². The highest BCUT2D eigenvalue weighted by Crippen LogP contribution is 2.32. The molecule has 1 aliphatic heterocycles. The number of nitrogens with zero attached hydrogens (tertiary/aromatic N) is 2. The van der Waals surface area contributed by atoms with Crippen LogP contribution in [0.1, 0.15) is 5.76 Å². The lowest BCUT2D eigenvalue weighted by Crippen LogP contribution is -2.54. The van der Waals surface area contributed by atoms with E-state index in [0.29, 0.717) is 11.4 Å². The maximum absolute atomic E-state index is 13.1. The van der Waals surface area contributed by atoms with Gasteiger partial charge < -0.3 is 9.15 Å². The summed E-state index contributed by atoms with van der Waals surface area (Å²) in [6.07, 6.45) is 1.27. The molecule has 0 bridgehead atoms. The van der Waals surface area contributed by atoms with Gasteiger partial charge in [-0.1, -0.05) is 12.1 Å². The summed E-state index contributed by atoms with van der Waals surface area (Å²) in [6, 6.07) is 15.8. The number of furan rings is 1. The van der Waals surface area contributed by atoms with Gasteiger partial charge in [-0.3, -0.25) is 29.9 Å². The lowest BCUT2D eigenvalue weighted by atomic mass is 10.1. The largest absolute Gasteiger partial charge is 0.497 e. The van der Waals surface area contributed by atoms with E-state index in [0.717, 1.165) is 0 Å². The number of anilines is 1. The van der Waals surface area contributed by atoms with E-state index in [2.05, 4.69) is 5.32 Å². The van der Waals surface area contributed by atoms with Gasteiger partial charge >= 0.3 is 0 Å². The van der Waals surface area contributed by atoms with E-state index in [4.69, 9.17) is 21.4 Å². The minimum atomic E-state index is -0.673. The number of nitrogens with one attached hydrogen (secondary N) is 1. The fourth-order valence-electron chi connectivity index (χ4n) is 3.18. The number of hydrogen-bond acceptors (Lipinski definition) is 7. The van der Waals surface area contributed by atoms with Crippen molar-refractivity contribution in [1.82, 2.24) is 5.32 Å². The summed E-state index contributed by atoms with van der Waals surface area (Å²) < 4.78 is 10.8. The highest BCUT2D eigenvalue weighted by molar-refractivity contribution is 7.80. The van der Waals surface area contributed by atoms with E-state index >= 15 is 0 Å². The van der Waals surface area contributed by atoms with Gasteiger partial charge in [0.2, 0.25) is 0 Å². The third kappa shape index (κ3) is 3.86. The molecule has 3 aromatic rings. The first kappa shape index (κ1) is 20.9. The highest BCUT2D eigenvalue weighted by Gasteiger charge is 2.34. The first-order valence-corrected chi connectivity index (χ1v) is 9.69. The molecule has 0 saturated carbocycles. The summed E-state index contributed by atoms with van der Waals surface area (Å²) in [5, 5.41) is 13.7. The number of nitro benzene ring substituents is 1. The third-order valence-electron chi connectivity index (χ3n) is 4.71. The van der Waals surface area contributed by atoms with Gasteiger partial charge in [0.15, 0.2) is 5.11 Å². The van der Waals surface area contributed by atoms with Gasteiger partial charge in [-0.05, 0) is 60.8 Å². The Balaban J connectivity index is 1.68. The van der Waals surface area contributed by atoms with Crippen molar-refractivity contribution in [3.63, 3.8) is 0 Å². The first-order chi connectivity index (χ1) is 15.4. The van der Waals surface area contributed by atoms with Gasteiger partial charge in [0.25, 0.3) is 17.5 Å². The number of carbonyl (C=O) groups excluding carboxylic acids is 2. The van der Waals surface area contributed by atoms with Crippen LogP contribution in [-0.4, -0.2) is 29.0 Å². The Hall–Kier alpha value is -4.31. The molecule has 4 rings (SSSR count). The highest BCUT2D eigenvalue weighted by atomic mass is 32.1. The molecule has 2 aromatic carbocycles. The number of thiocarbonyl (C=S) groups is 1. The Morgan fingerprint density at radius 1 is 1.09 bits per heavy atom. The number of benzene rings is 2. The van der Waals surface area contributed by atoms with E-state index in [1.54, 1.807) is 42.5 Å². The Bertz CT molecular complexity index is 1280. The Labute approximate surface area is 187 Å². The molecule has 0 unspecified atom stereocenters. The van der Waals surface area contributed by atoms with Crippen molar-refractivity contribution in [2.75, 3.05) is 12.0 Å². The van der Waals surface area contributed by atoms with E-state index in [-0.39, 0.29) is 33.5 Å². The van der Waals surface area contributed by atoms with E-state index in [1.807, 2.05) is 0 Å². The zero-order valence-electron chi connectivity index (χ0n) is 16.6.